The Morgan fingerprint density at radius 1 is 1.17 bits per heavy atom. The van der Waals surface area contributed by atoms with Crippen LogP contribution in [0.4, 0.5) is 0 Å². The van der Waals surface area contributed by atoms with Gasteiger partial charge < -0.3 is 0 Å². The van der Waals surface area contributed by atoms with E-state index in [0.717, 1.165) is 6.42 Å². The Morgan fingerprint density at radius 2 is 2.06 bits per heavy atom. The van der Waals surface area contributed by atoms with Gasteiger partial charge in [-0.3, -0.25) is 0 Å². The fourth-order valence-electron chi connectivity index (χ4n) is 2.90. The summed E-state index contributed by atoms with van der Waals surface area (Å²) in [6.45, 7) is 4.48. The number of allylic oxidation sites excluding steroid dienone is 2. The normalized spacial score (nSPS) is 18.8. The molecule has 0 saturated carbocycles. The second-order valence-corrected chi connectivity index (χ2v) is 4.97. The molecule has 0 amide bonds. The Hall–Kier alpha value is -1.82. The van der Waals surface area contributed by atoms with Crippen molar-refractivity contribution in [1.82, 2.24) is 0 Å². The second-order valence-electron chi connectivity index (χ2n) is 4.97. The summed E-state index contributed by atoms with van der Waals surface area (Å²) in [5.41, 5.74) is 1.48. The number of hydrogen-bond acceptors (Lipinski definition) is 0. The molecule has 0 nitrogen and oxygen atoms in total. The monoisotopic (exact) mass is 234 g/mol. The minimum atomic E-state index is 0.500. The molecule has 0 heterocycles. The molecule has 3 rings (SSSR count). The zero-order valence-corrected chi connectivity index (χ0v) is 11.0. The highest BCUT2D eigenvalue weighted by molar-refractivity contribution is 5.88. The molecule has 1 unspecified atom stereocenters. The fraction of sp³-hybridized carbons (Fsp3) is 0.222. The van der Waals surface area contributed by atoms with E-state index in [1.807, 2.05) is 0 Å². The fourth-order valence-corrected chi connectivity index (χ4v) is 2.90. The molecule has 2 aromatic rings. The van der Waals surface area contributed by atoms with E-state index in [1.165, 1.54) is 26.8 Å². The molecule has 0 bridgehead atoms. The lowest BCUT2D eigenvalue weighted by Crippen LogP contribution is -2.18. The highest BCUT2D eigenvalue weighted by Crippen LogP contribution is 2.22. The average molecular weight is 234 g/mol. The number of benzene rings is 2. The van der Waals surface area contributed by atoms with Crippen LogP contribution in [0.15, 0.2) is 42.5 Å². The molecule has 18 heavy (non-hydrogen) atoms. The molecule has 90 valence electrons. The molecule has 0 aromatic heterocycles. The van der Waals surface area contributed by atoms with Gasteiger partial charge in [0.2, 0.25) is 0 Å². The maximum atomic E-state index is 2.33. The van der Waals surface area contributed by atoms with Crippen molar-refractivity contribution >= 4 is 22.9 Å². The van der Waals surface area contributed by atoms with Gasteiger partial charge in [-0.2, -0.15) is 0 Å². The van der Waals surface area contributed by atoms with E-state index in [1.54, 1.807) is 0 Å². The zero-order valence-electron chi connectivity index (χ0n) is 11.0. The molecule has 2 aromatic carbocycles. The van der Waals surface area contributed by atoms with Crippen molar-refractivity contribution in [3.05, 3.63) is 58.5 Å². The van der Waals surface area contributed by atoms with Crippen LogP contribution in [0.3, 0.4) is 0 Å². The lowest BCUT2D eigenvalue weighted by molar-refractivity contribution is 0.962. The average Bonchev–Trinajstić information content (AvgIpc) is 2.39. The maximum absolute atomic E-state index is 2.33. The van der Waals surface area contributed by atoms with Crippen LogP contribution in [0.2, 0.25) is 0 Å². The van der Waals surface area contributed by atoms with E-state index in [2.05, 4.69) is 68.5 Å². The standard InChI is InChI=1S/C18H18/c1-3-6-14-9-5-10-16-12-11-15-8-4-7-13(2)17(15)18(14)16/h4-13H,3H2,1-2H3. The zero-order chi connectivity index (χ0) is 12.5. The summed E-state index contributed by atoms with van der Waals surface area (Å²) in [6, 6.07) is 11.1. The third-order valence-corrected chi connectivity index (χ3v) is 3.71. The van der Waals surface area contributed by atoms with E-state index in [4.69, 9.17) is 0 Å². The van der Waals surface area contributed by atoms with Crippen LogP contribution in [0.1, 0.15) is 31.7 Å². The Kier molecular flexibility index (Phi) is 2.79. The molecule has 0 fully saturated rings. The number of hydrogen-bond donors (Lipinski definition) is 0. The first-order valence-corrected chi connectivity index (χ1v) is 6.71. The summed E-state index contributed by atoms with van der Waals surface area (Å²) in [6.07, 6.45) is 10.1. The van der Waals surface area contributed by atoms with Gasteiger partial charge in [0.1, 0.15) is 0 Å². The van der Waals surface area contributed by atoms with Gasteiger partial charge in [0.15, 0.2) is 0 Å². The van der Waals surface area contributed by atoms with Crippen LogP contribution in [0.25, 0.3) is 22.9 Å². The van der Waals surface area contributed by atoms with E-state index in [-0.39, 0.29) is 0 Å². The van der Waals surface area contributed by atoms with Gasteiger partial charge in [-0.25, -0.2) is 0 Å². The molecule has 0 spiro atoms. The Labute approximate surface area is 108 Å². The van der Waals surface area contributed by atoms with Crippen molar-refractivity contribution < 1.29 is 0 Å². The van der Waals surface area contributed by atoms with Crippen LogP contribution < -0.4 is 10.4 Å². The summed E-state index contributed by atoms with van der Waals surface area (Å²) in [7, 11) is 0. The smallest absolute Gasteiger partial charge is 0.000500 e. The second kappa shape index (κ2) is 4.45. The third kappa shape index (κ3) is 1.69. The summed E-state index contributed by atoms with van der Waals surface area (Å²) in [5.74, 6) is 0.500. The van der Waals surface area contributed by atoms with Crippen molar-refractivity contribution in [2.45, 2.75) is 26.2 Å². The minimum absolute atomic E-state index is 0.500. The number of fused-ring (bicyclic) bond motifs is 3. The third-order valence-electron chi connectivity index (χ3n) is 3.71. The molecule has 1 atom stereocenters. The SMILES string of the molecule is CCC=c1cccc2ccc3c(c12)C(C)C=CC=3. The first-order chi connectivity index (χ1) is 8.81. The molecular weight excluding hydrogens is 216 g/mol. The predicted octanol–water partition coefficient (Wildman–Crippen LogP) is 3.48. The van der Waals surface area contributed by atoms with Crippen LogP contribution in [0.5, 0.6) is 0 Å². The van der Waals surface area contributed by atoms with Gasteiger partial charge in [0, 0.05) is 5.92 Å². The van der Waals surface area contributed by atoms with Gasteiger partial charge in [0.05, 0.1) is 0 Å². The molecule has 1 aliphatic rings. The minimum Gasteiger partial charge on any atom is -0.0772 e. The van der Waals surface area contributed by atoms with Crippen LogP contribution in [0, 0.1) is 0 Å². The van der Waals surface area contributed by atoms with Gasteiger partial charge in [-0.15, -0.1) is 0 Å². The summed E-state index contributed by atoms with van der Waals surface area (Å²) in [4.78, 5) is 0. The summed E-state index contributed by atoms with van der Waals surface area (Å²) < 4.78 is 0. The quantitative estimate of drug-likeness (QED) is 0.708. The van der Waals surface area contributed by atoms with E-state index in [9.17, 15) is 0 Å². The topological polar surface area (TPSA) is 0 Å². The van der Waals surface area contributed by atoms with Crippen molar-refractivity contribution in [2.75, 3.05) is 0 Å². The Balaban J connectivity index is 2.53. The predicted molar refractivity (Wildman–Crippen MR) is 80.0 cm³/mol. The Bertz CT molecular complexity index is 732. The van der Waals surface area contributed by atoms with Crippen molar-refractivity contribution in [2.24, 2.45) is 0 Å². The number of rotatable bonds is 1. The molecule has 0 N–H and O–H groups in total. The van der Waals surface area contributed by atoms with Crippen molar-refractivity contribution in [1.29, 1.82) is 0 Å². The maximum Gasteiger partial charge on any atom is 0.000500 e. The molecule has 0 aliphatic heterocycles. The van der Waals surface area contributed by atoms with Gasteiger partial charge in [0.25, 0.3) is 0 Å². The highest BCUT2D eigenvalue weighted by atomic mass is 14.1. The molecule has 0 radical (unpaired) electrons. The van der Waals surface area contributed by atoms with Crippen molar-refractivity contribution in [3.63, 3.8) is 0 Å². The van der Waals surface area contributed by atoms with Crippen LogP contribution in [-0.2, 0) is 0 Å². The molecule has 1 aliphatic carbocycles. The molecule has 0 saturated heterocycles. The van der Waals surface area contributed by atoms with E-state index < -0.39 is 0 Å². The lowest BCUT2D eigenvalue weighted by atomic mass is 9.89. The van der Waals surface area contributed by atoms with Crippen LogP contribution in [-0.4, -0.2) is 0 Å². The summed E-state index contributed by atoms with van der Waals surface area (Å²) >= 11 is 0. The van der Waals surface area contributed by atoms with E-state index in [0.29, 0.717) is 5.92 Å². The summed E-state index contributed by atoms with van der Waals surface area (Å²) in [5, 5.41) is 5.54. The molecular formula is C18H18. The largest absolute Gasteiger partial charge is 0.0772 e. The first-order valence-electron chi connectivity index (χ1n) is 6.71. The highest BCUT2D eigenvalue weighted by Gasteiger charge is 2.11. The van der Waals surface area contributed by atoms with Gasteiger partial charge in [-0.05, 0) is 33.2 Å². The van der Waals surface area contributed by atoms with Gasteiger partial charge in [-0.1, -0.05) is 68.5 Å². The van der Waals surface area contributed by atoms with E-state index >= 15 is 0 Å². The molecule has 0 heteroatoms. The Morgan fingerprint density at radius 3 is 2.89 bits per heavy atom. The first kappa shape index (κ1) is 11.3. The van der Waals surface area contributed by atoms with Gasteiger partial charge >= 0.3 is 0 Å². The lowest BCUT2D eigenvalue weighted by Gasteiger charge is -2.15. The van der Waals surface area contributed by atoms with Crippen LogP contribution >= 0.6 is 0 Å². The van der Waals surface area contributed by atoms with Crippen molar-refractivity contribution in [3.8, 4) is 0 Å².